The number of fused-ring (bicyclic) bond motifs is 1. The van der Waals surface area contributed by atoms with E-state index in [1.807, 2.05) is 32.9 Å². The molecule has 0 aliphatic carbocycles. The number of amides is 1. The smallest absolute Gasteiger partial charge is 0.268 e. The van der Waals surface area contributed by atoms with E-state index in [2.05, 4.69) is 0 Å². The Morgan fingerprint density at radius 1 is 1.47 bits per heavy atom. The minimum Gasteiger partial charge on any atom is -0.478 e. The van der Waals surface area contributed by atoms with Crippen molar-refractivity contribution < 1.29 is 9.53 Å². The van der Waals surface area contributed by atoms with Crippen molar-refractivity contribution in [1.29, 1.82) is 0 Å². The number of nitrogens with two attached hydrogens (primary N) is 1. The van der Waals surface area contributed by atoms with Crippen LogP contribution in [0.25, 0.3) is 0 Å². The van der Waals surface area contributed by atoms with Gasteiger partial charge in [-0.3, -0.25) is 4.79 Å². The van der Waals surface area contributed by atoms with Gasteiger partial charge in [0, 0.05) is 6.04 Å². The van der Waals surface area contributed by atoms with Crippen molar-refractivity contribution >= 4 is 17.3 Å². The van der Waals surface area contributed by atoms with E-state index in [0.717, 1.165) is 0 Å². The summed E-state index contributed by atoms with van der Waals surface area (Å²) in [5, 5.41) is 0. The second kappa shape index (κ2) is 4.28. The average Bonchev–Trinajstić information content (AvgIpc) is 2.29. The standard InChI is InChI=1S/C13H18N2O2/c1-4-10-13(16)15(8(2)3)12-9(14)6-5-7-11(12)17-10/h5-8,10H,4,14H2,1-3H3. The van der Waals surface area contributed by atoms with Crippen molar-refractivity contribution in [3.05, 3.63) is 18.2 Å². The summed E-state index contributed by atoms with van der Waals surface area (Å²) in [6.45, 7) is 5.90. The number of hydrogen-bond donors (Lipinski definition) is 1. The van der Waals surface area contributed by atoms with E-state index in [1.165, 1.54) is 0 Å². The highest BCUT2D eigenvalue weighted by Gasteiger charge is 2.35. The van der Waals surface area contributed by atoms with Crippen LogP contribution in [-0.2, 0) is 4.79 Å². The van der Waals surface area contributed by atoms with Gasteiger partial charge in [0.1, 0.15) is 11.4 Å². The van der Waals surface area contributed by atoms with Crippen molar-refractivity contribution in [2.75, 3.05) is 10.6 Å². The highest BCUT2D eigenvalue weighted by Crippen LogP contribution is 2.40. The molecule has 1 aromatic carbocycles. The summed E-state index contributed by atoms with van der Waals surface area (Å²) < 4.78 is 5.68. The molecule has 0 saturated heterocycles. The van der Waals surface area contributed by atoms with Gasteiger partial charge in [-0.15, -0.1) is 0 Å². The molecule has 1 aliphatic heterocycles. The summed E-state index contributed by atoms with van der Waals surface area (Å²) in [5.74, 6) is 0.693. The molecule has 0 saturated carbocycles. The van der Waals surface area contributed by atoms with Gasteiger partial charge in [0.05, 0.1) is 5.69 Å². The molecule has 0 spiro atoms. The fourth-order valence-electron chi connectivity index (χ4n) is 2.13. The van der Waals surface area contributed by atoms with Crippen molar-refractivity contribution in [2.24, 2.45) is 0 Å². The summed E-state index contributed by atoms with van der Waals surface area (Å²) in [4.78, 5) is 14.0. The lowest BCUT2D eigenvalue weighted by atomic mass is 10.1. The Labute approximate surface area is 101 Å². The number of ether oxygens (including phenoxy) is 1. The lowest BCUT2D eigenvalue weighted by Crippen LogP contribution is -2.49. The zero-order valence-electron chi connectivity index (χ0n) is 10.4. The number of anilines is 2. The quantitative estimate of drug-likeness (QED) is 0.798. The maximum absolute atomic E-state index is 12.3. The third kappa shape index (κ3) is 1.84. The van der Waals surface area contributed by atoms with Gasteiger partial charge in [0.2, 0.25) is 0 Å². The van der Waals surface area contributed by atoms with E-state index in [4.69, 9.17) is 10.5 Å². The first kappa shape index (κ1) is 11.8. The predicted octanol–water partition coefficient (Wildman–Crippen LogP) is 2.18. The Morgan fingerprint density at radius 2 is 2.18 bits per heavy atom. The topological polar surface area (TPSA) is 55.6 Å². The van der Waals surface area contributed by atoms with Gasteiger partial charge in [-0.25, -0.2) is 0 Å². The zero-order chi connectivity index (χ0) is 12.6. The number of carbonyl (C=O) groups is 1. The number of carbonyl (C=O) groups excluding carboxylic acids is 1. The van der Waals surface area contributed by atoms with Gasteiger partial charge in [0.15, 0.2) is 6.10 Å². The molecule has 4 nitrogen and oxygen atoms in total. The molecule has 1 heterocycles. The predicted molar refractivity (Wildman–Crippen MR) is 68.2 cm³/mol. The summed E-state index contributed by atoms with van der Waals surface area (Å²) in [5.41, 5.74) is 7.23. The molecule has 1 amide bonds. The van der Waals surface area contributed by atoms with Crippen molar-refractivity contribution in [2.45, 2.75) is 39.3 Å². The van der Waals surface area contributed by atoms with Gasteiger partial charge in [-0.1, -0.05) is 13.0 Å². The maximum atomic E-state index is 12.3. The second-order valence-corrected chi connectivity index (χ2v) is 4.51. The zero-order valence-corrected chi connectivity index (χ0v) is 10.4. The third-order valence-electron chi connectivity index (χ3n) is 2.94. The van der Waals surface area contributed by atoms with E-state index in [-0.39, 0.29) is 11.9 Å². The number of hydrogen-bond acceptors (Lipinski definition) is 3. The fourth-order valence-corrected chi connectivity index (χ4v) is 2.13. The molecule has 0 radical (unpaired) electrons. The van der Waals surface area contributed by atoms with Crippen LogP contribution in [0.5, 0.6) is 5.75 Å². The van der Waals surface area contributed by atoms with Crippen LogP contribution in [0.15, 0.2) is 18.2 Å². The number of para-hydroxylation sites is 1. The molecule has 2 N–H and O–H groups in total. The van der Waals surface area contributed by atoms with Gasteiger partial charge >= 0.3 is 0 Å². The minimum atomic E-state index is -0.397. The van der Waals surface area contributed by atoms with Gasteiger partial charge in [0.25, 0.3) is 5.91 Å². The van der Waals surface area contributed by atoms with Crippen LogP contribution >= 0.6 is 0 Å². The molecule has 1 atom stereocenters. The van der Waals surface area contributed by atoms with Crippen LogP contribution < -0.4 is 15.4 Å². The SMILES string of the molecule is CCC1Oc2cccc(N)c2N(C(C)C)C1=O. The number of nitrogen functional groups attached to an aromatic ring is 1. The molecule has 1 unspecified atom stereocenters. The monoisotopic (exact) mass is 234 g/mol. The van der Waals surface area contributed by atoms with E-state index in [1.54, 1.807) is 11.0 Å². The van der Waals surface area contributed by atoms with Crippen LogP contribution in [0, 0.1) is 0 Å². The molecule has 1 aliphatic rings. The second-order valence-electron chi connectivity index (χ2n) is 4.51. The highest BCUT2D eigenvalue weighted by atomic mass is 16.5. The third-order valence-corrected chi connectivity index (χ3v) is 2.94. The van der Waals surface area contributed by atoms with Crippen molar-refractivity contribution in [3.8, 4) is 5.75 Å². The molecule has 0 aromatic heterocycles. The summed E-state index contributed by atoms with van der Waals surface area (Å²) in [6, 6.07) is 5.56. The van der Waals surface area contributed by atoms with Crippen LogP contribution in [-0.4, -0.2) is 18.1 Å². The molecule has 4 heteroatoms. The van der Waals surface area contributed by atoms with Crippen molar-refractivity contribution in [1.82, 2.24) is 0 Å². The van der Waals surface area contributed by atoms with Gasteiger partial charge in [-0.05, 0) is 32.4 Å². The van der Waals surface area contributed by atoms with Crippen molar-refractivity contribution in [3.63, 3.8) is 0 Å². The Morgan fingerprint density at radius 3 is 2.76 bits per heavy atom. The number of rotatable bonds is 2. The Hall–Kier alpha value is -1.71. The van der Waals surface area contributed by atoms with Crippen LogP contribution in [0.4, 0.5) is 11.4 Å². The van der Waals surface area contributed by atoms with Crippen LogP contribution in [0.2, 0.25) is 0 Å². The summed E-state index contributed by atoms with van der Waals surface area (Å²) in [7, 11) is 0. The lowest BCUT2D eigenvalue weighted by Gasteiger charge is -2.37. The van der Waals surface area contributed by atoms with Gasteiger partial charge < -0.3 is 15.4 Å². The summed E-state index contributed by atoms with van der Waals surface area (Å²) in [6.07, 6.45) is 0.266. The van der Waals surface area contributed by atoms with E-state index in [0.29, 0.717) is 23.5 Å². The van der Waals surface area contributed by atoms with E-state index >= 15 is 0 Å². The van der Waals surface area contributed by atoms with Gasteiger partial charge in [-0.2, -0.15) is 0 Å². The molecule has 92 valence electrons. The van der Waals surface area contributed by atoms with E-state index < -0.39 is 6.10 Å². The first-order valence-electron chi connectivity index (χ1n) is 5.94. The molecular weight excluding hydrogens is 216 g/mol. The number of benzene rings is 1. The Bertz CT molecular complexity index is 443. The Kier molecular flexibility index (Phi) is 2.96. The first-order chi connectivity index (χ1) is 8.06. The largest absolute Gasteiger partial charge is 0.478 e. The fraction of sp³-hybridized carbons (Fsp3) is 0.462. The normalized spacial score (nSPS) is 19.2. The molecular formula is C13H18N2O2. The van der Waals surface area contributed by atoms with Crippen LogP contribution in [0.3, 0.4) is 0 Å². The average molecular weight is 234 g/mol. The summed E-state index contributed by atoms with van der Waals surface area (Å²) >= 11 is 0. The number of nitrogens with zero attached hydrogens (tertiary/aromatic N) is 1. The minimum absolute atomic E-state index is 0.00657. The van der Waals surface area contributed by atoms with Crippen LogP contribution in [0.1, 0.15) is 27.2 Å². The van der Waals surface area contributed by atoms with E-state index in [9.17, 15) is 4.79 Å². The highest BCUT2D eigenvalue weighted by molar-refractivity contribution is 6.03. The molecule has 17 heavy (non-hydrogen) atoms. The molecule has 0 fully saturated rings. The molecule has 1 aromatic rings. The maximum Gasteiger partial charge on any atom is 0.268 e. The molecule has 2 rings (SSSR count). The Balaban J connectivity index is 2.55. The molecule has 0 bridgehead atoms. The lowest BCUT2D eigenvalue weighted by molar-refractivity contribution is -0.126. The first-order valence-corrected chi connectivity index (χ1v) is 5.94.